The van der Waals surface area contributed by atoms with Crippen LogP contribution in [0.3, 0.4) is 0 Å². The van der Waals surface area contributed by atoms with Crippen LogP contribution in [0.15, 0.2) is 47.1 Å². The molecule has 0 bridgehead atoms. The van der Waals surface area contributed by atoms with Gasteiger partial charge in [0.1, 0.15) is 17.3 Å². The highest BCUT2D eigenvalue weighted by Gasteiger charge is 2.09. The molecular formula is C14H11BrFN3O3. The van der Waals surface area contributed by atoms with Crippen LogP contribution in [-0.2, 0) is 4.79 Å². The van der Waals surface area contributed by atoms with Crippen molar-refractivity contribution in [2.75, 3.05) is 6.61 Å². The Kier molecular flexibility index (Phi) is 5.42. The molecule has 114 valence electrons. The lowest BCUT2D eigenvalue weighted by Crippen LogP contribution is -2.44. The normalized spacial score (nSPS) is 9.91. The van der Waals surface area contributed by atoms with Gasteiger partial charge in [0.25, 0.3) is 11.8 Å². The van der Waals surface area contributed by atoms with Gasteiger partial charge in [-0.2, -0.15) is 0 Å². The topological polar surface area (TPSA) is 80.3 Å². The maximum atomic E-state index is 12.9. The molecule has 0 saturated heterocycles. The summed E-state index contributed by atoms with van der Waals surface area (Å²) in [7, 11) is 0. The van der Waals surface area contributed by atoms with E-state index in [9.17, 15) is 14.0 Å². The number of aromatic nitrogens is 1. The Labute approximate surface area is 133 Å². The maximum absolute atomic E-state index is 12.9. The summed E-state index contributed by atoms with van der Waals surface area (Å²) >= 11 is 3.12. The van der Waals surface area contributed by atoms with Crippen LogP contribution in [0.25, 0.3) is 0 Å². The van der Waals surface area contributed by atoms with Gasteiger partial charge in [-0.3, -0.25) is 25.4 Å². The number of ether oxygens (including phenoxy) is 1. The fourth-order valence-corrected chi connectivity index (χ4v) is 1.92. The molecule has 2 amide bonds. The third-order valence-electron chi connectivity index (χ3n) is 2.47. The first-order valence-corrected chi connectivity index (χ1v) is 6.93. The molecule has 0 spiro atoms. The second-order valence-corrected chi connectivity index (χ2v) is 4.94. The molecule has 0 unspecified atom stereocenters. The van der Waals surface area contributed by atoms with E-state index in [1.807, 2.05) is 0 Å². The Bertz CT molecular complexity index is 682. The third-order valence-corrected chi connectivity index (χ3v) is 3.09. The number of amides is 2. The number of nitrogens with zero attached hydrogens (tertiary/aromatic N) is 1. The highest BCUT2D eigenvalue weighted by Crippen LogP contribution is 2.25. The number of halogens is 2. The van der Waals surface area contributed by atoms with Gasteiger partial charge >= 0.3 is 0 Å². The van der Waals surface area contributed by atoms with Crippen LogP contribution in [0.2, 0.25) is 0 Å². The first kappa shape index (κ1) is 15.9. The first-order chi connectivity index (χ1) is 10.6. The van der Waals surface area contributed by atoms with Crippen molar-refractivity contribution in [3.63, 3.8) is 0 Å². The smallest absolute Gasteiger partial charge is 0.288 e. The molecule has 2 N–H and O–H groups in total. The van der Waals surface area contributed by atoms with Crippen LogP contribution in [0, 0.1) is 5.82 Å². The highest BCUT2D eigenvalue weighted by atomic mass is 79.9. The van der Waals surface area contributed by atoms with Gasteiger partial charge in [-0.05, 0) is 46.3 Å². The standard InChI is InChI=1S/C14H11BrFN3O3/c15-10-7-9(16)4-5-12(10)22-8-13(20)18-19-14(21)11-3-1-2-6-17-11/h1-7H,8H2,(H,18,20)(H,19,21). The van der Waals surface area contributed by atoms with Crippen LogP contribution in [-0.4, -0.2) is 23.4 Å². The minimum atomic E-state index is -0.569. The lowest BCUT2D eigenvalue weighted by Gasteiger charge is -2.09. The Morgan fingerprint density at radius 1 is 1.23 bits per heavy atom. The average molecular weight is 368 g/mol. The summed E-state index contributed by atoms with van der Waals surface area (Å²) in [4.78, 5) is 27.0. The molecule has 0 aliphatic carbocycles. The Balaban J connectivity index is 1.80. The molecule has 6 nitrogen and oxygen atoms in total. The van der Waals surface area contributed by atoms with Crippen LogP contribution < -0.4 is 15.6 Å². The van der Waals surface area contributed by atoms with E-state index in [1.54, 1.807) is 12.1 Å². The van der Waals surface area contributed by atoms with Gasteiger partial charge in [0, 0.05) is 6.20 Å². The summed E-state index contributed by atoms with van der Waals surface area (Å²) < 4.78 is 18.5. The number of pyridine rings is 1. The van der Waals surface area contributed by atoms with Crippen LogP contribution in [0.5, 0.6) is 5.75 Å². The molecule has 1 aromatic carbocycles. The van der Waals surface area contributed by atoms with Crippen molar-refractivity contribution in [3.8, 4) is 5.75 Å². The Hall–Kier alpha value is -2.48. The zero-order valence-electron chi connectivity index (χ0n) is 11.2. The average Bonchev–Trinajstić information content (AvgIpc) is 2.52. The molecule has 0 aliphatic heterocycles. The summed E-state index contributed by atoms with van der Waals surface area (Å²) in [6, 6.07) is 8.65. The van der Waals surface area contributed by atoms with Gasteiger partial charge < -0.3 is 4.74 Å². The SMILES string of the molecule is O=C(COc1ccc(F)cc1Br)NNC(=O)c1ccccn1. The Morgan fingerprint density at radius 2 is 2.05 bits per heavy atom. The van der Waals surface area contributed by atoms with E-state index in [0.29, 0.717) is 10.2 Å². The first-order valence-electron chi connectivity index (χ1n) is 6.14. The molecule has 0 radical (unpaired) electrons. The largest absolute Gasteiger partial charge is 0.483 e. The number of nitrogens with one attached hydrogen (secondary N) is 2. The number of hydrazine groups is 1. The van der Waals surface area contributed by atoms with Crippen molar-refractivity contribution in [1.29, 1.82) is 0 Å². The van der Waals surface area contributed by atoms with E-state index >= 15 is 0 Å². The summed E-state index contributed by atoms with van der Waals surface area (Å²) in [6.45, 7) is -0.341. The third kappa shape index (κ3) is 4.52. The minimum absolute atomic E-state index is 0.171. The molecule has 1 heterocycles. The maximum Gasteiger partial charge on any atom is 0.288 e. The lowest BCUT2D eigenvalue weighted by molar-refractivity contribution is -0.123. The summed E-state index contributed by atoms with van der Waals surface area (Å²) in [5.41, 5.74) is 4.57. The van der Waals surface area contributed by atoms with Gasteiger partial charge in [-0.15, -0.1) is 0 Å². The van der Waals surface area contributed by atoms with Crippen molar-refractivity contribution >= 4 is 27.7 Å². The van der Waals surface area contributed by atoms with Crippen molar-refractivity contribution in [1.82, 2.24) is 15.8 Å². The molecule has 1 aromatic heterocycles. The van der Waals surface area contributed by atoms with Gasteiger partial charge in [-0.1, -0.05) is 6.07 Å². The zero-order valence-corrected chi connectivity index (χ0v) is 12.8. The molecule has 2 aromatic rings. The number of carbonyl (C=O) groups excluding carboxylic acids is 2. The molecule has 22 heavy (non-hydrogen) atoms. The van der Waals surface area contributed by atoms with Gasteiger partial charge in [0.05, 0.1) is 4.47 Å². The summed E-state index contributed by atoms with van der Waals surface area (Å²) in [5, 5.41) is 0. The van der Waals surface area contributed by atoms with Crippen molar-refractivity contribution in [2.45, 2.75) is 0 Å². The summed E-state index contributed by atoms with van der Waals surface area (Å²) in [6.07, 6.45) is 1.46. The van der Waals surface area contributed by atoms with E-state index in [4.69, 9.17) is 4.74 Å². The molecule has 0 aliphatic rings. The molecule has 0 atom stereocenters. The Morgan fingerprint density at radius 3 is 2.73 bits per heavy atom. The number of benzene rings is 1. The second kappa shape index (κ2) is 7.51. The van der Waals surface area contributed by atoms with Crippen LogP contribution >= 0.6 is 15.9 Å². The second-order valence-electron chi connectivity index (χ2n) is 4.08. The van der Waals surface area contributed by atoms with Crippen molar-refractivity contribution in [2.24, 2.45) is 0 Å². The van der Waals surface area contributed by atoms with Gasteiger partial charge in [0.2, 0.25) is 0 Å². The van der Waals surface area contributed by atoms with Crippen molar-refractivity contribution < 1.29 is 18.7 Å². The number of rotatable bonds is 4. The monoisotopic (exact) mass is 367 g/mol. The molecule has 8 heteroatoms. The predicted octanol–water partition coefficient (Wildman–Crippen LogP) is 1.82. The fourth-order valence-electron chi connectivity index (χ4n) is 1.46. The van der Waals surface area contributed by atoms with Crippen LogP contribution in [0.4, 0.5) is 4.39 Å². The number of carbonyl (C=O) groups is 2. The van der Waals surface area contributed by atoms with Gasteiger partial charge in [0.15, 0.2) is 6.61 Å². The quantitative estimate of drug-likeness (QED) is 0.807. The molecule has 0 fully saturated rings. The fraction of sp³-hybridized carbons (Fsp3) is 0.0714. The molecular weight excluding hydrogens is 357 g/mol. The van der Waals surface area contributed by atoms with Crippen LogP contribution in [0.1, 0.15) is 10.5 Å². The molecule has 0 saturated carbocycles. The lowest BCUT2D eigenvalue weighted by atomic mass is 10.3. The highest BCUT2D eigenvalue weighted by molar-refractivity contribution is 9.10. The predicted molar refractivity (Wildman–Crippen MR) is 79.4 cm³/mol. The molecule has 2 rings (SSSR count). The summed E-state index contributed by atoms with van der Waals surface area (Å²) in [5.74, 6) is -1.23. The van der Waals surface area contributed by atoms with Crippen molar-refractivity contribution in [3.05, 3.63) is 58.6 Å². The van der Waals surface area contributed by atoms with E-state index in [1.165, 1.54) is 30.5 Å². The number of hydrogen-bond donors (Lipinski definition) is 2. The number of hydrogen-bond acceptors (Lipinski definition) is 4. The van der Waals surface area contributed by atoms with Gasteiger partial charge in [-0.25, -0.2) is 4.39 Å². The van der Waals surface area contributed by atoms with E-state index < -0.39 is 17.6 Å². The zero-order chi connectivity index (χ0) is 15.9. The minimum Gasteiger partial charge on any atom is -0.483 e. The van der Waals surface area contributed by atoms with E-state index in [-0.39, 0.29) is 12.3 Å². The van der Waals surface area contributed by atoms with E-state index in [0.717, 1.165) is 0 Å². The van der Waals surface area contributed by atoms with E-state index in [2.05, 4.69) is 31.8 Å².